The molecule has 0 saturated carbocycles. The van der Waals surface area contributed by atoms with Crippen LogP contribution >= 0.6 is 0 Å². The Morgan fingerprint density at radius 1 is 2.00 bits per heavy atom. The van der Waals surface area contributed by atoms with Gasteiger partial charge < -0.3 is 4.74 Å². The summed E-state index contributed by atoms with van der Waals surface area (Å²) < 4.78 is 4.62. The average Bonchev–Trinajstić information content (AvgIpc) is 2.06. The van der Waals surface area contributed by atoms with Gasteiger partial charge in [-0.05, 0) is 6.92 Å². The van der Waals surface area contributed by atoms with Gasteiger partial charge in [-0.3, -0.25) is 4.79 Å². The predicted octanol–water partition coefficient (Wildman–Crippen LogP) is -0.0258. The summed E-state index contributed by atoms with van der Waals surface area (Å²) in [6.07, 6.45) is -0.0370. The molecule has 1 aliphatic heterocycles. The fraction of sp³-hybridized carbons (Fsp3) is 0.750. The maximum absolute atomic E-state index is 10.1. The zero-order chi connectivity index (χ0) is 4.57. The Hall–Kier alpha value is -0.370. The highest BCUT2D eigenvalue weighted by atomic mass is 16.6. The summed E-state index contributed by atoms with van der Waals surface area (Å²) in [6, 6.07) is 0. The molecule has 2 nitrogen and oxygen atoms in total. The van der Waals surface area contributed by atoms with Gasteiger partial charge in [0.2, 0.25) is 0 Å². The highest BCUT2D eigenvalue weighted by molar-refractivity contribution is 5.82. The van der Waals surface area contributed by atoms with E-state index in [1.54, 1.807) is 0 Å². The number of ketones is 1. The monoisotopic (exact) mass is 86.0 g/mol. The summed E-state index contributed by atoms with van der Waals surface area (Å²) in [6.45, 7) is 2.19. The number of carbonyl (C=O) groups excluding carboxylic acids is 1. The molecule has 1 atom stereocenters. The standard InChI is InChI=1S/C4H6O2/c1-3(5)4-2-6-4/h4H,2H2,1H3. The molecule has 0 aliphatic carbocycles. The van der Waals surface area contributed by atoms with E-state index in [4.69, 9.17) is 0 Å². The van der Waals surface area contributed by atoms with Crippen molar-refractivity contribution < 1.29 is 9.53 Å². The normalized spacial score (nSPS) is 29.8. The van der Waals surface area contributed by atoms with Crippen LogP contribution in [0.1, 0.15) is 6.92 Å². The minimum absolute atomic E-state index is 0.0370. The topological polar surface area (TPSA) is 29.6 Å². The van der Waals surface area contributed by atoms with Crippen molar-refractivity contribution in [2.45, 2.75) is 13.0 Å². The maximum atomic E-state index is 10.1. The Bertz CT molecular complexity index is 73.6. The van der Waals surface area contributed by atoms with Gasteiger partial charge in [-0.15, -0.1) is 0 Å². The van der Waals surface area contributed by atoms with E-state index in [2.05, 4.69) is 4.74 Å². The molecule has 0 N–H and O–H groups in total. The summed E-state index contributed by atoms with van der Waals surface area (Å²) in [5, 5.41) is 0. The van der Waals surface area contributed by atoms with Gasteiger partial charge >= 0.3 is 0 Å². The van der Waals surface area contributed by atoms with E-state index >= 15 is 0 Å². The summed E-state index contributed by atoms with van der Waals surface area (Å²) in [7, 11) is 0. The summed E-state index contributed by atoms with van der Waals surface area (Å²) in [5.41, 5.74) is 0. The number of hydrogen-bond donors (Lipinski definition) is 0. The van der Waals surface area contributed by atoms with Gasteiger partial charge in [0.25, 0.3) is 0 Å². The Morgan fingerprint density at radius 3 is 2.50 bits per heavy atom. The van der Waals surface area contributed by atoms with Gasteiger partial charge in [0.05, 0.1) is 6.61 Å². The van der Waals surface area contributed by atoms with Crippen LogP contribution < -0.4 is 0 Å². The number of carbonyl (C=O) groups is 1. The summed E-state index contributed by atoms with van der Waals surface area (Å²) in [4.78, 5) is 10.1. The molecule has 0 radical (unpaired) electrons. The van der Waals surface area contributed by atoms with Crippen molar-refractivity contribution >= 4 is 5.78 Å². The highest BCUT2D eigenvalue weighted by Gasteiger charge is 2.26. The second-order valence-corrected chi connectivity index (χ2v) is 1.43. The summed E-state index contributed by atoms with van der Waals surface area (Å²) >= 11 is 0. The molecule has 0 aromatic rings. The molecule has 0 aromatic heterocycles. The number of Topliss-reactive ketones (excluding diaryl/α,β-unsaturated/α-hetero) is 1. The van der Waals surface area contributed by atoms with Crippen LogP contribution in [0.3, 0.4) is 0 Å². The molecule has 1 fully saturated rings. The lowest BCUT2D eigenvalue weighted by atomic mass is 10.3. The van der Waals surface area contributed by atoms with E-state index in [1.165, 1.54) is 6.92 Å². The van der Waals surface area contributed by atoms with Crippen molar-refractivity contribution in [1.29, 1.82) is 0 Å². The highest BCUT2D eigenvalue weighted by Crippen LogP contribution is 2.07. The van der Waals surface area contributed by atoms with Crippen LogP contribution in [0.15, 0.2) is 0 Å². The SMILES string of the molecule is CC(=O)C1CO1. The molecule has 0 aromatic carbocycles. The van der Waals surface area contributed by atoms with E-state index in [9.17, 15) is 4.79 Å². The van der Waals surface area contributed by atoms with Crippen molar-refractivity contribution in [3.63, 3.8) is 0 Å². The van der Waals surface area contributed by atoms with Gasteiger partial charge in [0.1, 0.15) is 6.10 Å². The van der Waals surface area contributed by atoms with E-state index in [0.29, 0.717) is 6.61 Å². The molecule has 1 heterocycles. The Kier molecular flexibility index (Phi) is 0.665. The van der Waals surface area contributed by atoms with Crippen molar-refractivity contribution in [1.82, 2.24) is 0 Å². The third-order valence-corrected chi connectivity index (χ3v) is 0.787. The van der Waals surface area contributed by atoms with Crippen molar-refractivity contribution in [2.24, 2.45) is 0 Å². The molecule has 0 spiro atoms. The van der Waals surface area contributed by atoms with Crippen molar-refractivity contribution in [3.05, 3.63) is 0 Å². The Morgan fingerprint density at radius 2 is 2.50 bits per heavy atom. The largest absolute Gasteiger partial charge is 0.365 e. The van der Waals surface area contributed by atoms with Crippen LogP contribution in [0.2, 0.25) is 0 Å². The zero-order valence-electron chi connectivity index (χ0n) is 3.60. The van der Waals surface area contributed by atoms with Gasteiger partial charge in [0, 0.05) is 0 Å². The lowest BCUT2D eigenvalue weighted by Crippen LogP contribution is -1.97. The predicted molar refractivity (Wildman–Crippen MR) is 20.4 cm³/mol. The maximum Gasteiger partial charge on any atom is 0.160 e. The zero-order valence-corrected chi connectivity index (χ0v) is 3.60. The van der Waals surface area contributed by atoms with Gasteiger partial charge in [0.15, 0.2) is 5.78 Å². The van der Waals surface area contributed by atoms with E-state index in [-0.39, 0.29) is 11.9 Å². The second-order valence-electron chi connectivity index (χ2n) is 1.43. The number of rotatable bonds is 1. The van der Waals surface area contributed by atoms with Gasteiger partial charge in [-0.2, -0.15) is 0 Å². The molecule has 34 valence electrons. The van der Waals surface area contributed by atoms with Crippen LogP contribution in [-0.2, 0) is 9.53 Å². The van der Waals surface area contributed by atoms with Crippen LogP contribution in [0, 0.1) is 0 Å². The molecule has 0 bridgehead atoms. The summed E-state index contributed by atoms with van der Waals surface area (Å²) in [5.74, 6) is 0.148. The Labute approximate surface area is 36.1 Å². The molecular formula is C4H6O2. The quantitative estimate of drug-likeness (QED) is 0.419. The van der Waals surface area contributed by atoms with Crippen LogP contribution in [0.25, 0.3) is 0 Å². The van der Waals surface area contributed by atoms with Crippen LogP contribution in [-0.4, -0.2) is 18.5 Å². The van der Waals surface area contributed by atoms with Gasteiger partial charge in [-0.25, -0.2) is 0 Å². The van der Waals surface area contributed by atoms with E-state index in [1.807, 2.05) is 0 Å². The first-order chi connectivity index (χ1) is 2.80. The molecule has 1 unspecified atom stereocenters. The van der Waals surface area contributed by atoms with Crippen molar-refractivity contribution in [2.75, 3.05) is 6.61 Å². The first-order valence-corrected chi connectivity index (χ1v) is 1.93. The molecular weight excluding hydrogens is 80.0 g/mol. The second kappa shape index (κ2) is 1.05. The van der Waals surface area contributed by atoms with E-state index < -0.39 is 0 Å². The lowest BCUT2D eigenvalue weighted by molar-refractivity contribution is -0.118. The van der Waals surface area contributed by atoms with Gasteiger partial charge in [-0.1, -0.05) is 0 Å². The molecule has 2 heteroatoms. The number of hydrogen-bond acceptors (Lipinski definition) is 2. The fourth-order valence-electron chi connectivity index (χ4n) is 0.283. The minimum atomic E-state index is -0.0370. The molecule has 1 saturated heterocycles. The molecule has 0 amide bonds. The number of ether oxygens (including phenoxy) is 1. The van der Waals surface area contributed by atoms with Crippen LogP contribution in [0.4, 0.5) is 0 Å². The molecule has 6 heavy (non-hydrogen) atoms. The third kappa shape index (κ3) is 0.571. The number of epoxide rings is 1. The van der Waals surface area contributed by atoms with E-state index in [0.717, 1.165) is 0 Å². The smallest absolute Gasteiger partial charge is 0.160 e. The first-order valence-electron chi connectivity index (χ1n) is 1.93. The van der Waals surface area contributed by atoms with Crippen molar-refractivity contribution in [3.8, 4) is 0 Å². The Balaban J connectivity index is 2.31. The first kappa shape index (κ1) is 3.81. The molecule has 1 aliphatic rings. The fourth-order valence-corrected chi connectivity index (χ4v) is 0.283. The lowest BCUT2D eigenvalue weighted by Gasteiger charge is -1.72. The molecule has 1 rings (SSSR count). The third-order valence-electron chi connectivity index (χ3n) is 0.787. The minimum Gasteiger partial charge on any atom is -0.365 e. The van der Waals surface area contributed by atoms with Crippen LogP contribution in [0.5, 0.6) is 0 Å². The average molecular weight is 86.1 g/mol.